The van der Waals surface area contributed by atoms with Crippen LogP contribution < -0.4 is 10.9 Å². The molecule has 0 aliphatic carbocycles. The third-order valence-corrected chi connectivity index (χ3v) is 9.71. The quantitative estimate of drug-likeness (QED) is 0.0916. The largest absolute Gasteiger partial charge is 0.695 e. The third-order valence-electron chi connectivity index (χ3n) is 6.87. The summed E-state index contributed by atoms with van der Waals surface area (Å²) in [6.45, 7) is -1.72. The summed E-state index contributed by atoms with van der Waals surface area (Å²) >= 11 is 5.52. The van der Waals surface area contributed by atoms with E-state index in [1.54, 1.807) is 18.4 Å². The number of anilines is 1. The van der Waals surface area contributed by atoms with E-state index in [2.05, 4.69) is 40.5 Å². The minimum absolute atomic E-state index is 0.0683. The summed E-state index contributed by atoms with van der Waals surface area (Å²) in [4.78, 5) is 53.2. The second-order valence-corrected chi connectivity index (χ2v) is 14.2. The number of nitrogens with zero attached hydrogens (tertiary/aromatic N) is 9. The predicted molar refractivity (Wildman–Crippen MR) is 167 cm³/mol. The number of carbonyl (C=O) groups excluding carboxylic acids is 1. The summed E-state index contributed by atoms with van der Waals surface area (Å²) in [6.07, 6.45) is -4.32. The summed E-state index contributed by atoms with van der Waals surface area (Å²) in [5.74, 6) is -0.896. The predicted octanol–water partition coefficient (Wildman–Crippen LogP) is 0.900. The molecule has 25 heteroatoms. The van der Waals surface area contributed by atoms with Gasteiger partial charge in [0.2, 0.25) is 11.9 Å². The highest BCUT2D eigenvalue weighted by Crippen LogP contribution is 2.51. The number of H-pyrrole nitrogens is 1. The molecule has 21 nitrogen and oxygen atoms in total. The summed E-state index contributed by atoms with van der Waals surface area (Å²) in [5.41, 5.74) is -0.480. The number of alkyl halides is 1. The van der Waals surface area contributed by atoms with Gasteiger partial charge >= 0.3 is 15.0 Å². The Kier molecular flexibility index (Phi) is 11.8. The van der Waals surface area contributed by atoms with Gasteiger partial charge in [0, 0.05) is 17.0 Å². The lowest BCUT2D eigenvalue weighted by atomic mass is 10.1. The molecule has 4 aromatic rings. The maximum Gasteiger partial charge on any atom is 0.695 e. The second kappa shape index (κ2) is 15.8. The molecule has 6 atom stereocenters. The van der Waals surface area contributed by atoms with Crippen LogP contribution in [0.1, 0.15) is 32.3 Å². The molecule has 262 valence electrons. The van der Waals surface area contributed by atoms with Crippen molar-refractivity contribution in [3.63, 3.8) is 0 Å². The highest BCUT2D eigenvalue weighted by molar-refractivity contribution is 8.07. The Morgan fingerprint density at radius 2 is 2.08 bits per heavy atom. The fourth-order valence-corrected chi connectivity index (χ4v) is 6.81. The second-order valence-electron chi connectivity index (χ2n) is 10.5. The summed E-state index contributed by atoms with van der Waals surface area (Å²) < 4.78 is 57.9. The minimum atomic E-state index is -3.71. The smallest absolute Gasteiger partial charge is 0.388 e. The van der Waals surface area contributed by atoms with Crippen molar-refractivity contribution in [3.05, 3.63) is 28.7 Å². The van der Waals surface area contributed by atoms with Crippen LogP contribution in [0.2, 0.25) is 0 Å². The van der Waals surface area contributed by atoms with E-state index >= 15 is 4.39 Å². The Bertz CT molecular complexity index is 1990. The van der Waals surface area contributed by atoms with Gasteiger partial charge in [0.1, 0.15) is 30.4 Å². The molecule has 0 spiro atoms. The number of amides is 1. The Balaban J connectivity index is 1.35. The molecule has 0 radical (unpaired) electrons. The highest BCUT2D eigenvalue weighted by atomic mass is 32.5. The number of rotatable bonds is 16. The molecule has 5 rings (SSSR count). The first-order valence-corrected chi connectivity index (χ1v) is 18.1. The number of hydrogen-bond donors (Lipinski definition) is 4. The van der Waals surface area contributed by atoms with E-state index in [0.29, 0.717) is 11.2 Å². The molecule has 4 aromatic heterocycles. The van der Waals surface area contributed by atoms with Crippen molar-refractivity contribution in [2.75, 3.05) is 25.1 Å². The average molecular weight is 745 g/mol. The van der Waals surface area contributed by atoms with Gasteiger partial charge in [0.25, 0.3) is 5.56 Å². The van der Waals surface area contributed by atoms with Gasteiger partial charge in [-0.15, -0.1) is 14.5 Å². The number of aromatic amines is 1. The molecule has 1 fully saturated rings. The number of halogens is 1. The molecule has 4 N–H and O–H groups in total. The molecule has 49 heavy (non-hydrogen) atoms. The molecule has 1 aliphatic rings. The minimum Gasteiger partial charge on any atom is -0.388 e. The topological polar surface area (TPSA) is 277 Å². The number of nitriles is 1. The summed E-state index contributed by atoms with van der Waals surface area (Å²) in [6, 6.07) is 1.90. The zero-order valence-corrected chi connectivity index (χ0v) is 28.3. The molecule has 0 aromatic carbocycles. The van der Waals surface area contributed by atoms with Crippen molar-refractivity contribution in [1.82, 2.24) is 44.5 Å². The molecule has 1 saturated heterocycles. The van der Waals surface area contributed by atoms with Crippen LogP contribution in [0.15, 0.2) is 17.3 Å². The van der Waals surface area contributed by atoms with Crippen molar-refractivity contribution < 1.29 is 46.6 Å². The summed E-state index contributed by atoms with van der Waals surface area (Å²) in [5, 5.41) is 28.8. The molecule has 0 saturated carbocycles. The first kappa shape index (κ1) is 36.5. The van der Waals surface area contributed by atoms with E-state index in [4.69, 9.17) is 39.9 Å². The maximum atomic E-state index is 15.9. The van der Waals surface area contributed by atoms with Crippen molar-refractivity contribution >= 4 is 61.0 Å². The first-order valence-electron chi connectivity index (χ1n) is 14.4. The number of carbonyl (C=O) groups is 1. The number of aromatic nitrogens is 9. The van der Waals surface area contributed by atoms with Gasteiger partial charge in [-0.3, -0.25) is 19.9 Å². The molecular formula is C24H29FN11O10P2S+. The van der Waals surface area contributed by atoms with Crippen molar-refractivity contribution in [2.24, 2.45) is 5.92 Å². The van der Waals surface area contributed by atoms with Gasteiger partial charge in [0.05, 0.1) is 38.5 Å². The number of aliphatic hydroxyl groups is 1. The van der Waals surface area contributed by atoms with Crippen LogP contribution in [0.4, 0.5) is 10.3 Å². The average Bonchev–Trinajstić information content (AvgIpc) is 3.74. The highest BCUT2D eigenvalue weighted by Gasteiger charge is 2.53. The molecule has 5 heterocycles. The van der Waals surface area contributed by atoms with E-state index in [-0.39, 0.29) is 49.1 Å². The van der Waals surface area contributed by atoms with Crippen LogP contribution in [-0.4, -0.2) is 98.6 Å². The number of hydrogen-bond acceptors (Lipinski definition) is 17. The van der Waals surface area contributed by atoms with Crippen molar-refractivity contribution in [2.45, 2.75) is 58.0 Å². The lowest BCUT2D eigenvalue weighted by molar-refractivity contribution is -0.118. The zero-order chi connectivity index (χ0) is 35.3. The Morgan fingerprint density at radius 3 is 2.80 bits per heavy atom. The van der Waals surface area contributed by atoms with Gasteiger partial charge in [-0.05, 0) is 11.8 Å². The molecule has 0 bridgehead atoms. The van der Waals surface area contributed by atoms with Crippen LogP contribution in [0.25, 0.3) is 22.3 Å². The van der Waals surface area contributed by atoms with E-state index in [0.717, 1.165) is 4.68 Å². The number of aliphatic hydroxyl groups excluding tert-OH is 1. The lowest BCUT2D eigenvalue weighted by Gasteiger charge is -2.23. The molecular weight excluding hydrogens is 715 g/mol. The van der Waals surface area contributed by atoms with Crippen LogP contribution >= 0.6 is 15.0 Å². The molecule has 1 aliphatic heterocycles. The lowest BCUT2D eigenvalue weighted by Crippen LogP contribution is -2.31. The first-order chi connectivity index (χ1) is 23.4. The van der Waals surface area contributed by atoms with Gasteiger partial charge in [-0.1, -0.05) is 19.1 Å². The van der Waals surface area contributed by atoms with E-state index in [1.807, 2.05) is 6.07 Å². The van der Waals surface area contributed by atoms with Gasteiger partial charge < -0.3 is 28.0 Å². The number of fused-ring (bicyclic) bond motifs is 2. The standard InChI is InChI=1S/C24H28FN11O10P2S/c1-12(2)21(38)31-24-30-20-17(22(39)32-24)33-34-36(20)23-18(46-47(40)41)16(25)14(45-23)10-44-48(49,42-6-3-4-26)43-7-5-35-15(9-37)29-13-8-27-11-28-19(13)35/h8,11-12,14,16,18,23,37H,3,5-7,9-10H2,1-2H3,(H2-,30,31,32,34,38,39,40,41)/p+1/t14-,16-,18-,23-,48?/m1/s1. The Hall–Kier alpha value is -3.81. The molecule has 1 amide bonds. The normalized spacial score (nSPS) is 20.9. The third kappa shape index (κ3) is 8.33. The Labute approximate surface area is 280 Å². The fourth-order valence-electron chi connectivity index (χ4n) is 4.58. The number of imidazole rings is 1. The number of ether oxygens (including phenoxy) is 1. The molecule has 2 unspecified atom stereocenters. The van der Waals surface area contributed by atoms with Crippen LogP contribution in [0.3, 0.4) is 0 Å². The zero-order valence-electron chi connectivity index (χ0n) is 25.7. The van der Waals surface area contributed by atoms with Crippen LogP contribution in [0, 0.1) is 17.2 Å². The van der Waals surface area contributed by atoms with Gasteiger partial charge in [-0.25, -0.2) is 19.3 Å². The van der Waals surface area contributed by atoms with Gasteiger partial charge in [0.15, 0.2) is 35.3 Å². The fraction of sp³-hybridized carbons (Fsp3) is 0.542. The van der Waals surface area contributed by atoms with Crippen LogP contribution in [0.5, 0.6) is 0 Å². The maximum absolute atomic E-state index is 15.9. The number of nitrogens with one attached hydrogen (secondary N) is 2. The van der Waals surface area contributed by atoms with E-state index < -0.39 is 70.2 Å². The van der Waals surface area contributed by atoms with E-state index in [1.165, 1.54) is 12.5 Å². The summed E-state index contributed by atoms with van der Waals surface area (Å²) in [7, 11) is -3.37. The monoisotopic (exact) mass is 744 g/mol. The Morgan fingerprint density at radius 1 is 1.31 bits per heavy atom. The van der Waals surface area contributed by atoms with Crippen molar-refractivity contribution in [1.29, 1.82) is 5.26 Å². The van der Waals surface area contributed by atoms with E-state index in [9.17, 15) is 24.2 Å². The SMILES string of the molecule is CC(C)C(=O)Nc1nc2c(nnn2[C@@H]2O[C@H](COP(=S)(OCCC#N)OCCn3c(CO)nc4cncnc43)[C@@H](F)[C@H]2O[P+](=O)O)c(=O)[nH]1. The van der Waals surface area contributed by atoms with Gasteiger partial charge in [-0.2, -0.15) is 14.9 Å². The van der Waals surface area contributed by atoms with Crippen LogP contribution in [-0.2, 0) is 57.1 Å². The van der Waals surface area contributed by atoms with Crippen molar-refractivity contribution in [3.8, 4) is 6.07 Å².